The van der Waals surface area contributed by atoms with E-state index in [4.69, 9.17) is 5.26 Å². The number of amides is 3. The van der Waals surface area contributed by atoms with Crippen molar-refractivity contribution in [2.24, 2.45) is 5.41 Å². The Balaban J connectivity index is 1.89. The smallest absolute Gasteiger partial charge is 0.321 e. The van der Waals surface area contributed by atoms with Crippen LogP contribution in [0, 0.1) is 23.7 Å². The Hall–Kier alpha value is -2.51. The van der Waals surface area contributed by atoms with E-state index in [1.165, 1.54) is 22.7 Å². The van der Waals surface area contributed by atoms with Gasteiger partial charge in [0.2, 0.25) is 5.91 Å². The number of aryl methyl sites for hydroxylation is 1. The Morgan fingerprint density at radius 1 is 1.26 bits per heavy atom. The molecule has 0 spiro atoms. The number of rotatable bonds is 6. The minimum absolute atomic E-state index is 0.0183. The van der Waals surface area contributed by atoms with Gasteiger partial charge in [-0.2, -0.15) is 5.26 Å². The lowest BCUT2D eigenvalue weighted by Crippen LogP contribution is -2.41. The molecule has 8 nitrogen and oxygen atoms in total. The number of carbonyl (C=O) groups is 2. The second kappa shape index (κ2) is 8.92. The number of hydrogen-bond donors (Lipinski definition) is 3. The van der Waals surface area contributed by atoms with Crippen LogP contribution in [0.4, 0.5) is 9.93 Å². The maximum atomic E-state index is 12.0. The molecule has 144 valence electrons. The SMILES string of the molecule is Cc1nc(NC(=O)NCC(=O)NCC(C)(C)C)sc1-c1csc(CC#N)n1. The Morgan fingerprint density at radius 2 is 2.00 bits per heavy atom. The molecule has 0 fully saturated rings. The summed E-state index contributed by atoms with van der Waals surface area (Å²) in [5.41, 5.74) is 1.47. The number of carbonyl (C=O) groups excluding carboxylic acids is 2. The van der Waals surface area contributed by atoms with Crippen molar-refractivity contribution in [3.8, 4) is 16.6 Å². The monoisotopic (exact) mass is 406 g/mol. The molecular weight excluding hydrogens is 384 g/mol. The number of thiazole rings is 2. The quantitative estimate of drug-likeness (QED) is 0.681. The van der Waals surface area contributed by atoms with E-state index < -0.39 is 6.03 Å². The van der Waals surface area contributed by atoms with Crippen molar-refractivity contribution in [2.45, 2.75) is 34.1 Å². The third-order valence-corrected chi connectivity index (χ3v) is 5.20. The maximum Gasteiger partial charge on any atom is 0.321 e. The van der Waals surface area contributed by atoms with E-state index in [2.05, 4.69) is 32.0 Å². The molecule has 0 saturated heterocycles. The van der Waals surface area contributed by atoms with E-state index >= 15 is 0 Å². The van der Waals surface area contributed by atoms with Crippen LogP contribution in [-0.4, -0.2) is 35.0 Å². The minimum atomic E-state index is -0.496. The summed E-state index contributed by atoms with van der Waals surface area (Å²) >= 11 is 2.72. The number of nitrogens with zero attached hydrogens (tertiary/aromatic N) is 3. The van der Waals surface area contributed by atoms with Crippen molar-refractivity contribution in [2.75, 3.05) is 18.4 Å². The van der Waals surface area contributed by atoms with Gasteiger partial charge in [0.25, 0.3) is 0 Å². The largest absolute Gasteiger partial charge is 0.354 e. The predicted molar refractivity (Wildman–Crippen MR) is 107 cm³/mol. The molecule has 10 heteroatoms. The highest BCUT2D eigenvalue weighted by molar-refractivity contribution is 7.19. The summed E-state index contributed by atoms with van der Waals surface area (Å²) in [5, 5.41) is 19.7. The minimum Gasteiger partial charge on any atom is -0.354 e. The fraction of sp³-hybridized carbons (Fsp3) is 0.471. The summed E-state index contributed by atoms with van der Waals surface area (Å²) in [6.07, 6.45) is 0.271. The highest BCUT2D eigenvalue weighted by Gasteiger charge is 2.16. The van der Waals surface area contributed by atoms with Gasteiger partial charge in [-0.15, -0.1) is 11.3 Å². The number of aromatic nitrogens is 2. The molecule has 2 heterocycles. The molecule has 0 aliphatic rings. The normalized spacial score (nSPS) is 10.9. The molecule has 0 aliphatic heterocycles. The molecule has 27 heavy (non-hydrogen) atoms. The van der Waals surface area contributed by atoms with Gasteiger partial charge < -0.3 is 10.6 Å². The molecule has 0 aliphatic carbocycles. The van der Waals surface area contributed by atoms with Crippen molar-refractivity contribution in [3.63, 3.8) is 0 Å². The van der Waals surface area contributed by atoms with Crippen molar-refractivity contribution in [3.05, 3.63) is 16.1 Å². The van der Waals surface area contributed by atoms with Gasteiger partial charge in [-0.1, -0.05) is 32.1 Å². The maximum absolute atomic E-state index is 12.0. The third kappa shape index (κ3) is 6.62. The first-order valence-electron chi connectivity index (χ1n) is 8.28. The zero-order valence-electron chi connectivity index (χ0n) is 15.7. The highest BCUT2D eigenvalue weighted by Crippen LogP contribution is 2.33. The molecule has 0 bridgehead atoms. The molecule has 3 N–H and O–H groups in total. The molecule has 2 aromatic rings. The summed E-state index contributed by atoms with van der Waals surface area (Å²) < 4.78 is 0. The zero-order valence-corrected chi connectivity index (χ0v) is 17.3. The van der Waals surface area contributed by atoms with Gasteiger partial charge in [0.15, 0.2) is 5.13 Å². The average Bonchev–Trinajstić information content (AvgIpc) is 3.17. The van der Waals surface area contributed by atoms with Crippen molar-refractivity contribution >= 4 is 39.7 Å². The summed E-state index contributed by atoms with van der Waals surface area (Å²) in [6, 6.07) is 1.58. The van der Waals surface area contributed by atoms with E-state index in [-0.39, 0.29) is 24.3 Å². The standard InChI is InChI=1S/C17H22N6O2S2/c1-10-14(11-8-26-13(22-11)5-6-18)27-16(21-10)23-15(25)19-7-12(24)20-9-17(2,3)4/h8H,5,7,9H2,1-4H3,(H,20,24)(H2,19,21,23,25). The fourth-order valence-electron chi connectivity index (χ4n) is 1.98. The van der Waals surface area contributed by atoms with E-state index in [1.54, 1.807) is 0 Å². The van der Waals surface area contributed by atoms with Crippen molar-refractivity contribution in [1.82, 2.24) is 20.6 Å². The average molecular weight is 407 g/mol. The Morgan fingerprint density at radius 3 is 2.67 bits per heavy atom. The van der Waals surface area contributed by atoms with Crippen molar-refractivity contribution in [1.29, 1.82) is 5.26 Å². The molecule has 0 saturated carbocycles. The topological polar surface area (TPSA) is 120 Å². The highest BCUT2D eigenvalue weighted by atomic mass is 32.1. The fourth-order valence-corrected chi connectivity index (χ4v) is 3.69. The molecule has 0 aromatic carbocycles. The first kappa shape index (κ1) is 20.8. The van der Waals surface area contributed by atoms with Crippen LogP contribution < -0.4 is 16.0 Å². The first-order valence-corrected chi connectivity index (χ1v) is 9.98. The van der Waals surface area contributed by atoms with Crippen LogP contribution in [0.1, 0.15) is 31.5 Å². The van der Waals surface area contributed by atoms with Gasteiger partial charge >= 0.3 is 6.03 Å². The number of anilines is 1. The van der Waals surface area contributed by atoms with E-state index in [1.807, 2.05) is 33.1 Å². The van der Waals surface area contributed by atoms with E-state index in [9.17, 15) is 9.59 Å². The molecule has 2 aromatic heterocycles. The summed E-state index contributed by atoms with van der Waals surface area (Å²) in [7, 11) is 0. The first-order chi connectivity index (χ1) is 12.7. The van der Waals surface area contributed by atoms with E-state index in [0.29, 0.717) is 11.7 Å². The van der Waals surface area contributed by atoms with Crippen LogP contribution in [-0.2, 0) is 11.2 Å². The predicted octanol–water partition coefficient (Wildman–Crippen LogP) is 2.92. The summed E-state index contributed by atoms with van der Waals surface area (Å²) in [6.45, 7) is 8.30. The number of nitriles is 1. The van der Waals surface area contributed by atoms with Crippen LogP contribution in [0.3, 0.4) is 0 Å². The summed E-state index contributed by atoms with van der Waals surface area (Å²) in [5.74, 6) is -0.247. The lowest BCUT2D eigenvalue weighted by Gasteiger charge is -2.18. The zero-order chi connectivity index (χ0) is 20.0. The van der Waals surface area contributed by atoms with E-state index in [0.717, 1.165) is 21.3 Å². The Labute approximate surface area is 166 Å². The van der Waals surface area contributed by atoms with Gasteiger partial charge in [0.05, 0.1) is 35.3 Å². The van der Waals surface area contributed by atoms with Gasteiger partial charge in [-0.3, -0.25) is 10.1 Å². The number of hydrogen-bond acceptors (Lipinski definition) is 7. The van der Waals surface area contributed by atoms with Gasteiger partial charge in [-0.25, -0.2) is 14.8 Å². The van der Waals surface area contributed by atoms with Gasteiger partial charge in [0.1, 0.15) is 5.01 Å². The molecule has 2 rings (SSSR count). The Bertz CT molecular complexity index is 860. The molecular formula is C17H22N6O2S2. The molecule has 3 amide bonds. The lowest BCUT2D eigenvalue weighted by molar-refractivity contribution is -0.120. The lowest BCUT2D eigenvalue weighted by atomic mass is 9.97. The van der Waals surface area contributed by atoms with Crippen LogP contribution in [0.15, 0.2) is 5.38 Å². The third-order valence-electron chi connectivity index (χ3n) is 3.26. The number of urea groups is 1. The Kier molecular flexibility index (Phi) is 6.87. The summed E-state index contributed by atoms with van der Waals surface area (Å²) in [4.78, 5) is 33.3. The van der Waals surface area contributed by atoms with Crippen LogP contribution >= 0.6 is 22.7 Å². The van der Waals surface area contributed by atoms with Crippen molar-refractivity contribution < 1.29 is 9.59 Å². The van der Waals surface area contributed by atoms with Gasteiger partial charge in [-0.05, 0) is 12.3 Å². The molecule has 0 atom stereocenters. The van der Waals surface area contributed by atoms with Crippen LogP contribution in [0.2, 0.25) is 0 Å². The second-order valence-electron chi connectivity index (χ2n) is 7.04. The van der Waals surface area contributed by atoms with Gasteiger partial charge in [0, 0.05) is 11.9 Å². The molecule has 0 unspecified atom stereocenters. The number of nitrogens with one attached hydrogen (secondary N) is 3. The second-order valence-corrected chi connectivity index (χ2v) is 8.98. The van der Waals surface area contributed by atoms with Crippen LogP contribution in [0.25, 0.3) is 10.6 Å². The van der Waals surface area contributed by atoms with Crippen LogP contribution in [0.5, 0.6) is 0 Å². The molecule has 0 radical (unpaired) electrons.